The molecule has 0 aliphatic carbocycles. The minimum Gasteiger partial charge on any atom is -0.292 e. The highest BCUT2D eigenvalue weighted by molar-refractivity contribution is 7.00. The van der Waals surface area contributed by atoms with Crippen molar-refractivity contribution in [2.24, 2.45) is 0 Å². The Labute approximate surface area is 406 Å². The van der Waals surface area contributed by atoms with Crippen LogP contribution in [-0.4, -0.2) is 25.8 Å². The van der Waals surface area contributed by atoms with Crippen molar-refractivity contribution < 1.29 is 0 Å². The molecule has 1 aliphatic rings. The second kappa shape index (κ2) is 15.6. The molecule has 0 spiro atoms. The van der Waals surface area contributed by atoms with Crippen molar-refractivity contribution in [2.75, 3.05) is 0 Å². The Bertz CT molecular complexity index is 3980. The largest absolute Gasteiger partial charge is 0.292 e. The van der Waals surface area contributed by atoms with Crippen molar-refractivity contribution >= 4 is 77.5 Å². The number of rotatable bonds is 7. The Kier molecular flexibility index (Phi) is 8.99. The summed E-state index contributed by atoms with van der Waals surface area (Å²) in [6.45, 7) is 6.88. The predicted molar refractivity (Wildman–Crippen MR) is 295 cm³/mol. The van der Waals surface area contributed by atoms with Crippen molar-refractivity contribution in [2.45, 2.75) is 20.8 Å². The smallest absolute Gasteiger partial charge is 0.243 e. The van der Waals surface area contributed by atoms with Crippen LogP contribution in [0, 0.1) is 20.8 Å². The van der Waals surface area contributed by atoms with Gasteiger partial charge in [0.05, 0.1) is 22.1 Å². The van der Waals surface area contributed by atoms with Gasteiger partial charge in [-0.25, -0.2) is 9.97 Å². The number of nitrogens with zero attached hydrogens (tertiary/aromatic N) is 4. The fourth-order valence-corrected chi connectivity index (χ4v) is 12.0. The molecule has 0 unspecified atom stereocenters. The van der Waals surface area contributed by atoms with Crippen LogP contribution < -0.4 is 16.4 Å². The molecule has 2 aromatic heterocycles. The number of benzene rings is 11. The van der Waals surface area contributed by atoms with E-state index in [2.05, 4.69) is 248 Å². The fraction of sp³-hybridized carbons (Fsp3) is 0.0462. The van der Waals surface area contributed by atoms with Gasteiger partial charge in [-0.15, -0.1) is 0 Å². The maximum Gasteiger partial charge on any atom is 0.243 e. The molecular formula is C65H45BN4. The van der Waals surface area contributed by atoms with Gasteiger partial charge in [-0.1, -0.05) is 191 Å². The first-order chi connectivity index (χ1) is 34.5. The molecule has 70 heavy (non-hydrogen) atoms. The fourth-order valence-electron chi connectivity index (χ4n) is 12.0. The number of para-hydroxylation sites is 6. The number of aromatic nitrogens is 4. The van der Waals surface area contributed by atoms with E-state index in [0.717, 1.165) is 56.2 Å². The molecule has 1 aliphatic heterocycles. The molecule has 0 N–H and O–H groups in total. The monoisotopic (exact) mass is 892 g/mol. The van der Waals surface area contributed by atoms with Gasteiger partial charge in [0, 0.05) is 22.5 Å². The molecule has 0 atom stereocenters. The summed E-state index contributed by atoms with van der Waals surface area (Å²) in [4.78, 5) is 10.4. The molecule has 0 fully saturated rings. The van der Waals surface area contributed by atoms with E-state index >= 15 is 0 Å². The van der Waals surface area contributed by atoms with Gasteiger partial charge < -0.3 is 0 Å². The topological polar surface area (TPSA) is 35.6 Å². The predicted octanol–water partition coefficient (Wildman–Crippen LogP) is 14.2. The van der Waals surface area contributed by atoms with Crippen molar-refractivity contribution in [3.05, 3.63) is 235 Å². The average Bonchev–Trinajstić information content (AvgIpc) is 3.99. The van der Waals surface area contributed by atoms with Crippen molar-refractivity contribution in [3.8, 4) is 56.4 Å². The lowest BCUT2D eigenvalue weighted by molar-refractivity contribution is 1.10. The zero-order valence-electron chi connectivity index (χ0n) is 39.2. The molecule has 13 aromatic rings. The number of hydrogen-bond acceptors (Lipinski definition) is 2. The van der Waals surface area contributed by atoms with E-state index in [1.165, 1.54) is 87.6 Å². The molecule has 0 bridgehead atoms. The van der Waals surface area contributed by atoms with E-state index in [9.17, 15) is 0 Å². The summed E-state index contributed by atoms with van der Waals surface area (Å²) in [5, 5.41) is 7.82. The molecular weight excluding hydrogens is 848 g/mol. The third kappa shape index (κ3) is 6.11. The first-order valence-electron chi connectivity index (χ1n) is 24.3. The molecule has 0 saturated heterocycles. The van der Waals surface area contributed by atoms with Gasteiger partial charge in [0.1, 0.15) is 11.6 Å². The normalized spacial score (nSPS) is 12.2. The molecule has 328 valence electrons. The summed E-state index contributed by atoms with van der Waals surface area (Å²) in [5.74, 6) is 1.86. The van der Waals surface area contributed by atoms with Gasteiger partial charge in [0.25, 0.3) is 0 Å². The molecule has 5 heteroatoms. The first kappa shape index (κ1) is 40.3. The summed E-state index contributed by atoms with van der Waals surface area (Å²) in [6.07, 6.45) is 0. The van der Waals surface area contributed by atoms with Crippen LogP contribution in [0.4, 0.5) is 0 Å². The Morgan fingerprint density at radius 2 is 0.786 bits per heavy atom. The summed E-state index contributed by atoms with van der Waals surface area (Å²) in [5.41, 5.74) is 21.4. The second-order valence-corrected chi connectivity index (χ2v) is 19.1. The third-order valence-electron chi connectivity index (χ3n) is 14.9. The van der Waals surface area contributed by atoms with Gasteiger partial charge in [0.2, 0.25) is 6.71 Å². The zero-order valence-corrected chi connectivity index (χ0v) is 39.2. The highest BCUT2D eigenvalue weighted by Crippen LogP contribution is 2.44. The van der Waals surface area contributed by atoms with Gasteiger partial charge in [0.15, 0.2) is 0 Å². The summed E-state index contributed by atoms with van der Waals surface area (Å²) < 4.78 is 4.55. The number of aryl methyl sites for hydroxylation is 3. The van der Waals surface area contributed by atoms with Crippen molar-refractivity contribution in [3.63, 3.8) is 0 Å². The van der Waals surface area contributed by atoms with E-state index < -0.39 is 0 Å². The van der Waals surface area contributed by atoms with Crippen LogP contribution in [0.1, 0.15) is 16.7 Å². The second-order valence-electron chi connectivity index (χ2n) is 19.1. The van der Waals surface area contributed by atoms with Crippen molar-refractivity contribution in [1.82, 2.24) is 19.1 Å². The van der Waals surface area contributed by atoms with Gasteiger partial charge >= 0.3 is 0 Å². The lowest BCUT2D eigenvalue weighted by Gasteiger charge is -2.30. The Hall–Kier alpha value is -8.80. The molecule has 4 nitrogen and oxygen atoms in total. The van der Waals surface area contributed by atoms with Gasteiger partial charge in [-0.3, -0.25) is 9.13 Å². The van der Waals surface area contributed by atoms with Crippen LogP contribution in [0.5, 0.6) is 0 Å². The van der Waals surface area contributed by atoms with E-state index in [-0.39, 0.29) is 6.71 Å². The van der Waals surface area contributed by atoms with E-state index in [0.29, 0.717) is 0 Å². The van der Waals surface area contributed by atoms with Crippen LogP contribution in [0.2, 0.25) is 0 Å². The van der Waals surface area contributed by atoms with Crippen molar-refractivity contribution in [1.29, 1.82) is 0 Å². The van der Waals surface area contributed by atoms with Crippen LogP contribution in [0.15, 0.2) is 218 Å². The average molecular weight is 893 g/mol. The van der Waals surface area contributed by atoms with E-state index in [1.807, 2.05) is 0 Å². The van der Waals surface area contributed by atoms with Gasteiger partial charge in [-0.2, -0.15) is 0 Å². The first-order valence-corrected chi connectivity index (χ1v) is 24.3. The molecule has 14 rings (SSSR count). The maximum atomic E-state index is 5.20. The lowest BCUT2D eigenvalue weighted by Crippen LogP contribution is -2.55. The molecule has 0 amide bonds. The SMILES string of the molecule is Cc1cc(C)c(B2c3cccc4c(-c5ccc(-c6nc7ccccc7n6-c6ccccc6)cc5)cc5cc(-c6ccc(-c7nc8ccccc8n7-c7ccccc7)cc6)c6cccc2c6c5c34)c(C)c1. The minimum absolute atomic E-state index is 0.0657. The highest BCUT2D eigenvalue weighted by atomic mass is 15.1. The summed E-state index contributed by atoms with van der Waals surface area (Å²) in [6, 6.07) is 79.8. The van der Waals surface area contributed by atoms with Crippen LogP contribution in [0.3, 0.4) is 0 Å². The number of fused-ring (bicyclic) bond motifs is 2. The minimum atomic E-state index is 0.0657. The zero-order chi connectivity index (χ0) is 46.6. The van der Waals surface area contributed by atoms with Gasteiger partial charge in [-0.05, 0) is 136 Å². The van der Waals surface area contributed by atoms with E-state index in [4.69, 9.17) is 9.97 Å². The summed E-state index contributed by atoms with van der Waals surface area (Å²) >= 11 is 0. The molecule has 0 radical (unpaired) electrons. The molecule has 11 aromatic carbocycles. The summed E-state index contributed by atoms with van der Waals surface area (Å²) in [7, 11) is 0. The quantitative estimate of drug-likeness (QED) is 0.118. The highest BCUT2D eigenvalue weighted by Gasteiger charge is 2.34. The Balaban J connectivity index is 0.984. The molecule has 0 saturated carbocycles. The Morgan fingerprint density at radius 1 is 0.371 bits per heavy atom. The van der Waals surface area contributed by atoms with Crippen LogP contribution in [0.25, 0.3) is 111 Å². The number of hydrogen-bond donors (Lipinski definition) is 0. The number of imidazole rings is 2. The van der Waals surface area contributed by atoms with Crippen LogP contribution in [-0.2, 0) is 0 Å². The lowest BCUT2D eigenvalue weighted by atomic mass is 9.33. The van der Waals surface area contributed by atoms with Crippen LogP contribution >= 0.6 is 0 Å². The Morgan fingerprint density at radius 3 is 1.24 bits per heavy atom. The molecule has 3 heterocycles. The van der Waals surface area contributed by atoms with E-state index in [1.54, 1.807) is 0 Å². The standard InChI is InChI=1S/C65H45BN4/c1-40-36-41(2)63(42(3)37-40)66-54-22-14-20-50-52(43-28-32-45(33-29-43)64-67-56-24-10-12-26-58(56)69(64)48-16-6-4-7-17-48)38-47-39-53(51-21-15-23-55(66)62(51)60(47)61(50)54)44-30-34-46(35-31-44)65-68-57-25-11-13-27-59(57)70(65)49-18-8-5-9-19-49/h4-39H,1-3H3. The third-order valence-corrected chi connectivity index (χ3v) is 14.9. The maximum absolute atomic E-state index is 5.20.